The summed E-state index contributed by atoms with van der Waals surface area (Å²) in [5.41, 5.74) is 0.408. The summed E-state index contributed by atoms with van der Waals surface area (Å²) in [6.45, 7) is 1.46. The molecule has 2 aliphatic rings. The van der Waals surface area contributed by atoms with Crippen LogP contribution in [0.1, 0.15) is 6.42 Å². The average molecular weight is 293 g/mol. The van der Waals surface area contributed by atoms with Crippen molar-refractivity contribution in [2.45, 2.75) is 11.7 Å². The standard InChI is InChI=1S/C13H12FN3O2S/c14-8-1-3-9(4-2-8)17-11(18)7-10(12(17)19)20-13-15-5-6-16-13/h1-4,10H,5-7H2,(H,15,16)/t10-/m1/s1. The molecule has 104 valence electrons. The topological polar surface area (TPSA) is 61.8 Å². The van der Waals surface area contributed by atoms with E-state index in [4.69, 9.17) is 0 Å². The maximum atomic E-state index is 12.9. The van der Waals surface area contributed by atoms with Crippen LogP contribution in [0.5, 0.6) is 0 Å². The molecule has 20 heavy (non-hydrogen) atoms. The number of carbonyl (C=O) groups excluding carboxylic acids is 2. The average Bonchev–Trinajstić information content (AvgIpc) is 3.02. The van der Waals surface area contributed by atoms with Crippen LogP contribution >= 0.6 is 11.8 Å². The van der Waals surface area contributed by atoms with Crippen LogP contribution in [0, 0.1) is 5.82 Å². The van der Waals surface area contributed by atoms with Crippen LogP contribution < -0.4 is 10.2 Å². The minimum atomic E-state index is -0.461. The van der Waals surface area contributed by atoms with Crippen molar-refractivity contribution < 1.29 is 14.0 Å². The van der Waals surface area contributed by atoms with E-state index >= 15 is 0 Å². The van der Waals surface area contributed by atoms with Gasteiger partial charge in [-0.15, -0.1) is 0 Å². The number of hydrogen-bond donors (Lipinski definition) is 1. The van der Waals surface area contributed by atoms with E-state index in [1.54, 1.807) is 0 Å². The Kier molecular flexibility index (Phi) is 3.43. The Hall–Kier alpha value is -1.89. The maximum Gasteiger partial charge on any atom is 0.247 e. The molecule has 1 aromatic carbocycles. The van der Waals surface area contributed by atoms with E-state index in [1.807, 2.05) is 0 Å². The molecule has 0 aromatic heterocycles. The molecule has 0 bridgehead atoms. The fourth-order valence-electron chi connectivity index (χ4n) is 2.15. The number of rotatable bonds is 2. The predicted octanol–water partition coefficient (Wildman–Crippen LogP) is 1.15. The van der Waals surface area contributed by atoms with Crippen molar-refractivity contribution in [1.82, 2.24) is 5.32 Å². The highest BCUT2D eigenvalue weighted by Gasteiger charge is 2.40. The molecule has 0 saturated carbocycles. The fourth-order valence-corrected chi connectivity index (χ4v) is 3.20. The third-order valence-corrected chi connectivity index (χ3v) is 4.24. The first-order valence-electron chi connectivity index (χ1n) is 6.22. The van der Waals surface area contributed by atoms with Crippen LogP contribution in [0.2, 0.25) is 0 Å². The lowest BCUT2D eigenvalue weighted by molar-refractivity contribution is -0.121. The number of anilines is 1. The first kappa shape index (κ1) is 13.1. The molecule has 1 saturated heterocycles. The molecular weight excluding hydrogens is 281 g/mol. The summed E-state index contributed by atoms with van der Waals surface area (Å²) in [4.78, 5) is 29.6. The van der Waals surface area contributed by atoms with Gasteiger partial charge in [0.05, 0.1) is 12.2 Å². The van der Waals surface area contributed by atoms with E-state index in [2.05, 4.69) is 10.3 Å². The van der Waals surface area contributed by atoms with Gasteiger partial charge in [0.2, 0.25) is 11.8 Å². The number of aliphatic imine (C=N–C) groups is 1. The van der Waals surface area contributed by atoms with Crippen molar-refractivity contribution in [1.29, 1.82) is 0 Å². The third-order valence-electron chi connectivity index (χ3n) is 3.09. The molecule has 7 heteroatoms. The van der Waals surface area contributed by atoms with E-state index < -0.39 is 11.1 Å². The number of amidine groups is 1. The third kappa shape index (κ3) is 2.40. The fraction of sp³-hybridized carbons (Fsp3) is 0.308. The molecule has 1 atom stereocenters. The van der Waals surface area contributed by atoms with Gasteiger partial charge in [0, 0.05) is 13.0 Å². The lowest BCUT2D eigenvalue weighted by Gasteiger charge is -2.14. The second kappa shape index (κ2) is 5.24. The molecule has 3 rings (SSSR count). The molecule has 1 fully saturated rings. The Morgan fingerprint density at radius 1 is 1.30 bits per heavy atom. The molecule has 0 spiro atoms. The van der Waals surface area contributed by atoms with Gasteiger partial charge in [-0.2, -0.15) is 0 Å². The van der Waals surface area contributed by atoms with Crippen LogP contribution in [-0.2, 0) is 9.59 Å². The normalized spacial score (nSPS) is 22.1. The molecule has 5 nitrogen and oxygen atoms in total. The first-order valence-corrected chi connectivity index (χ1v) is 7.10. The van der Waals surface area contributed by atoms with Crippen LogP contribution in [0.15, 0.2) is 29.3 Å². The molecule has 0 radical (unpaired) electrons. The summed E-state index contributed by atoms with van der Waals surface area (Å²) >= 11 is 1.28. The van der Waals surface area contributed by atoms with Gasteiger partial charge in [-0.1, -0.05) is 11.8 Å². The van der Waals surface area contributed by atoms with Crippen molar-refractivity contribution in [3.8, 4) is 0 Å². The Morgan fingerprint density at radius 3 is 2.70 bits per heavy atom. The monoisotopic (exact) mass is 293 g/mol. The Bertz CT molecular complexity index is 588. The number of imide groups is 1. The first-order chi connectivity index (χ1) is 9.65. The van der Waals surface area contributed by atoms with Crippen LogP contribution in [0.4, 0.5) is 10.1 Å². The molecule has 1 aromatic rings. The zero-order valence-corrected chi connectivity index (χ0v) is 11.3. The molecule has 2 amide bonds. The smallest absolute Gasteiger partial charge is 0.247 e. The van der Waals surface area contributed by atoms with E-state index in [0.717, 1.165) is 11.4 Å². The van der Waals surface area contributed by atoms with Gasteiger partial charge in [-0.05, 0) is 24.3 Å². The van der Waals surface area contributed by atoms with E-state index in [0.29, 0.717) is 17.4 Å². The van der Waals surface area contributed by atoms with E-state index in [1.165, 1.54) is 36.0 Å². The Balaban J connectivity index is 1.77. The number of halogens is 1. The van der Waals surface area contributed by atoms with Gasteiger partial charge in [0.25, 0.3) is 0 Å². The van der Waals surface area contributed by atoms with Crippen molar-refractivity contribution in [3.05, 3.63) is 30.1 Å². The quantitative estimate of drug-likeness (QED) is 0.831. The van der Waals surface area contributed by atoms with Gasteiger partial charge in [-0.25, -0.2) is 9.29 Å². The largest absolute Gasteiger partial charge is 0.363 e. The zero-order valence-electron chi connectivity index (χ0n) is 10.5. The van der Waals surface area contributed by atoms with Gasteiger partial charge in [0.15, 0.2) is 5.17 Å². The molecule has 1 N–H and O–H groups in total. The van der Waals surface area contributed by atoms with Crippen LogP contribution in [0.25, 0.3) is 0 Å². The minimum absolute atomic E-state index is 0.140. The number of thioether (sulfide) groups is 1. The van der Waals surface area contributed by atoms with Gasteiger partial charge < -0.3 is 5.32 Å². The summed E-state index contributed by atoms with van der Waals surface area (Å²) in [6, 6.07) is 5.34. The van der Waals surface area contributed by atoms with Crippen LogP contribution in [-0.4, -0.2) is 35.3 Å². The van der Waals surface area contributed by atoms with Crippen molar-refractivity contribution >= 4 is 34.4 Å². The lowest BCUT2D eigenvalue weighted by Crippen LogP contribution is -2.32. The number of carbonyl (C=O) groups is 2. The summed E-state index contributed by atoms with van der Waals surface area (Å²) < 4.78 is 12.9. The zero-order chi connectivity index (χ0) is 14.1. The summed E-state index contributed by atoms with van der Waals surface area (Å²) in [7, 11) is 0. The molecule has 2 aliphatic heterocycles. The second-order valence-corrected chi connectivity index (χ2v) is 5.66. The molecular formula is C13H12FN3O2S. The van der Waals surface area contributed by atoms with Crippen molar-refractivity contribution in [2.24, 2.45) is 4.99 Å². The highest BCUT2D eigenvalue weighted by atomic mass is 32.2. The van der Waals surface area contributed by atoms with E-state index in [-0.39, 0.29) is 18.2 Å². The summed E-state index contributed by atoms with van der Waals surface area (Å²) in [5.74, 6) is -0.941. The number of nitrogens with one attached hydrogen (secondary N) is 1. The Morgan fingerprint density at radius 2 is 2.05 bits per heavy atom. The number of nitrogens with zero attached hydrogens (tertiary/aromatic N) is 2. The maximum absolute atomic E-state index is 12.9. The number of benzene rings is 1. The lowest BCUT2D eigenvalue weighted by atomic mass is 10.3. The Labute approximate surface area is 119 Å². The molecule has 0 unspecified atom stereocenters. The number of hydrogen-bond acceptors (Lipinski definition) is 5. The van der Waals surface area contributed by atoms with Crippen molar-refractivity contribution in [2.75, 3.05) is 18.0 Å². The minimum Gasteiger partial charge on any atom is -0.363 e. The highest BCUT2D eigenvalue weighted by molar-refractivity contribution is 8.15. The predicted molar refractivity (Wildman–Crippen MR) is 75.2 cm³/mol. The van der Waals surface area contributed by atoms with Gasteiger partial charge in [-0.3, -0.25) is 14.6 Å². The molecule has 0 aliphatic carbocycles. The SMILES string of the molecule is O=C1C[C@@H](SC2=NCCN2)C(=O)N1c1ccc(F)cc1. The number of amides is 2. The van der Waals surface area contributed by atoms with Gasteiger partial charge >= 0.3 is 0 Å². The summed E-state index contributed by atoms with van der Waals surface area (Å²) in [6.07, 6.45) is 0.140. The van der Waals surface area contributed by atoms with E-state index in [9.17, 15) is 14.0 Å². The summed E-state index contributed by atoms with van der Waals surface area (Å²) in [5, 5.41) is 3.31. The molecule has 2 heterocycles. The highest BCUT2D eigenvalue weighted by Crippen LogP contribution is 2.30. The van der Waals surface area contributed by atoms with Crippen LogP contribution in [0.3, 0.4) is 0 Å². The van der Waals surface area contributed by atoms with Crippen molar-refractivity contribution in [3.63, 3.8) is 0 Å². The second-order valence-electron chi connectivity index (χ2n) is 4.47. The van der Waals surface area contributed by atoms with Gasteiger partial charge in [0.1, 0.15) is 11.1 Å².